The predicted octanol–water partition coefficient (Wildman–Crippen LogP) is 5.36. The number of benzene rings is 3. The smallest absolute Gasteiger partial charge is 0.490 e. The molecular weight excluding hydrogens is 503 g/mol. The van der Waals surface area contributed by atoms with Gasteiger partial charge in [-0.15, -0.1) is 0 Å². The molecule has 0 saturated heterocycles. The van der Waals surface area contributed by atoms with Gasteiger partial charge in [0, 0.05) is 5.92 Å². The van der Waals surface area contributed by atoms with Crippen molar-refractivity contribution in [2.75, 3.05) is 14.2 Å². The van der Waals surface area contributed by atoms with Gasteiger partial charge in [-0.25, -0.2) is 4.79 Å². The molecule has 3 aromatic carbocycles. The molecule has 2 atom stereocenters. The number of aliphatic hydroxyl groups is 1. The lowest BCUT2D eigenvalue weighted by atomic mass is 9.86. The van der Waals surface area contributed by atoms with E-state index in [1.54, 1.807) is 14.2 Å². The van der Waals surface area contributed by atoms with Crippen LogP contribution in [0.4, 0.5) is 13.2 Å². The minimum absolute atomic E-state index is 0.190. The van der Waals surface area contributed by atoms with E-state index < -0.39 is 24.5 Å². The van der Waals surface area contributed by atoms with Gasteiger partial charge >= 0.3 is 12.1 Å². The Labute approximate surface area is 219 Å². The Morgan fingerprint density at radius 3 is 1.66 bits per heavy atom. The SMILES string of the molecule is COc1ccc(C(CCC[C@H](O)C(N)Oc2ccccc2)c2ccc(OC)cc2)cc1.O=C(O)C(F)(F)F. The summed E-state index contributed by atoms with van der Waals surface area (Å²) in [5.41, 5.74) is 8.45. The number of halogens is 3. The number of alkyl halides is 3. The monoisotopic (exact) mass is 535 g/mol. The number of nitrogens with two attached hydrogens (primary N) is 1. The van der Waals surface area contributed by atoms with Crippen LogP contribution in [0.3, 0.4) is 0 Å². The molecule has 0 aliphatic carbocycles. The van der Waals surface area contributed by atoms with Gasteiger partial charge in [0.1, 0.15) is 23.4 Å². The normalized spacial score (nSPS) is 12.6. The fourth-order valence-corrected chi connectivity index (χ4v) is 3.63. The van der Waals surface area contributed by atoms with Crippen LogP contribution in [-0.2, 0) is 4.79 Å². The fourth-order valence-electron chi connectivity index (χ4n) is 3.63. The number of carbonyl (C=O) groups is 1. The van der Waals surface area contributed by atoms with Crippen LogP contribution in [0.5, 0.6) is 17.2 Å². The van der Waals surface area contributed by atoms with Gasteiger partial charge < -0.3 is 24.4 Å². The predicted molar refractivity (Wildman–Crippen MR) is 136 cm³/mol. The Bertz CT molecular complexity index is 1040. The number of carboxylic acids is 1. The molecule has 0 bridgehead atoms. The molecule has 0 aliphatic heterocycles. The van der Waals surface area contributed by atoms with Crippen LogP contribution in [0.15, 0.2) is 78.9 Å². The van der Waals surface area contributed by atoms with Gasteiger partial charge in [0.25, 0.3) is 0 Å². The van der Waals surface area contributed by atoms with Gasteiger partial charge in [-0.2, -0.15) is 13.2 Å². The largest absolute Gasteiger partial charge is 0.497 e. The molecule has 0 radical (unpaired) electrons. The Morgan fingerprint density at radius 2 is 1.26 bits per heavy atom. The minimum Gasteiger partial charge on any atom is -0.497 e. The van der Waals surface area contributed by atoms with Gasteiger partial charge in [0.15, 0.2) is 6.23 Å². The zero-order chi connectivity index (χ0) is 28.1. The van der Waals surface area contributed by atoms with E-state index in [-0.39, 0.29) is 5.92 Å². The van der Waals surface area contributed by atoms with E-state index in [2.05, 4.69) is 24.3 Å². The molecule has 0 fully saturated rings. The van der Waals surface area contributed by atoms with Gasteiger partial charge in [0.05, 0.1) is 14.2 Å². The van der Waals surface area contributed by atoms with Crippen LogP contribution in [-0.4, -0.2) is 48.9 Å². The molecule has 0 saturated carbocycles. The van der Waals surface area contributed by atoms with E-state index in [9.17, 15) is 18.3 Å². The van der Waals surface area contributed by atoms with E-state index in [1.807, 2.05) is 54.6 Å². The van der Waals surface area contributed by atoms with Gasteiger partial charge in [-0.1, -0.05) is 42.5 Å². The van der Waals surface area contributed by atoms with Crippen molar-refractivity contribution < 1.29 is 42.4 Å². The third kappa shape index (κ3) is 9.95. The second kappa shape index (κ2) is 14.8. The summed E-state index contributed by atoms with van der Waals surface area (Å²) < 4.78 is 48.0. The highest BCUT2D eigenvalue weighted by Gasteiger charge is 2.38. The van der Waals surface area contributed by atoms with Crippen LogP contribution in [0.25, 0.3) is 0 Å². The number of para-hydroxylation sites is 1. The van der Waals surface area contributed by atoms with Crippen molar-refractivity contribution in [3.05, 3.63) is 90.0 Å². The van der Waals surface area contributed by atoms with Crippen LogP contribution in [0, 0.1) is 0 Å². The lowest BCUT2D eigenvalue weighted by Gasteiger charge is -2.22. The first-order valence-corrected chi connectivity index (χ1v) is 11.8. The zero-order valence-electron chi connectivity index (χ0n) is 21.1. The first kappa shape index (κ1) is 30.5. The standard InChI is InChI=1S/C26H31NO4.C2HF3O2/c1-29-21-15-11-19(12-16-21)24(20-13-17-22(30-2)18-14-20)9-6-10-25(28)26(27)31-23-7-4-3-5-8-23;3-2(4,5)1(6)7/h3-5,7-8,11-18,24-26,28H,6,9-10,27H2,1-2H3;(H,6,7)/t25-,26?;/m0./s1. The molecule has 0 aliphatic rings. The van der Waals surface area contributed by atoms with Crippen molar-refractivity contribution in [1.29, 1.82) is 0 Å². The Kier molecular flexibility index (Phi) is 11.9. The maximum absolute atomic E-state index is 10.6. The zero-order valence-corrected chi connectivity index (χ0v) is 21.1. The summed E-state index contributed by atoms with van der Waals surface area (Å²) in [6.45, 7) is 0. The second-order valence-corrected chi connectivity index (χ2v) is 8.30. The quantitative estimate of drug-likeness (QED) is 0.283. The summed E-state index contributed by atoms with van der Waals surface area (Å²) in [5.74, 6) is -0.250. The molecule has 0 heterocycles. The van der Waals surface area contributed by atoms with Gasteiger partial charge in [-0.3, -0.25) is 5.73 Å². The van der Waals surface area contributed by atoms with Crippen molar-refractivity contribution in [1.82, 2.24) is 0 Å². The van der Waals surface area contributed by atoms with Crippen molar-refractivity contribution in [2.45, 2.75) is 43.7 Å². The number of carboxylic acid groups (broad SMARTS) is 1. The number of aliphatic carboxylic acids is 1. The molecule has 3 aromatic rings. The molecule has 38 heavy (non-hydrogen) atoms. The van der Waals surface area contributed by atoms with Crippen molar-refractivity contribution in [3.63, 3.8) is 0 Å². The maximum Gasteiger partial charge on any atom is 0.490 e. The molecule has 0 aromatic heterocycles. The van der Waals surface area contributed by atoms with E-state index in [0.717, 1.165) is 24.3 Å². The van der Waals surface area contributed by atoms with E-state index in [4.69, 9.17) is 29.8 Å². The highest BCUT2D eigenvalue weighted by Crippen LogP contribution is 2.32. The third-order valence-corrected chi connectivity index (χ3v) is 5.67. The van der Waals surface area contributed by atoms with Crippen molar-refractivity contribution in [2.24, 2.45) is 5.73 Å². The van der Waals surface area contributed by atoms with Crippen molar-refractivity contribution in [3.8, 4) is 17.2 Å². The highest BCUT2D eigenvalue weighted by molar-refractivity contribution is 5.73. The summed E-state index contributed by atoms with van der Waals surface area (Å²) in [6.07, 6.45) is -4.37. The number of hydrogen-bond acceptors (Lipinski definition) is 6. The van der Waals surface area contributed by atoms with Crippen LogP contribution in [0.1, 0.15) is 36.3 Å². The van der Waals surface area contributed by atoms with Crippen molar-refractivity contribution >= 4 is 5.97 Å². The topological polar surface area (TPSA) is 111 Å². The average molecular weight is 536 g/mol. The fraction of sp³-hybridized carbons (Fsp3) is 0.321. The van der Waals surface area contributed by atoms with Gasteiger partial charge in [-0.05, 0) is 66.8 Å². The van der Waals surface area contributed by atoms with Crippen LogP contribution >= 0.6 is 0 Å². The molecule has 206 valence electrons. The third-order valence-electron chi connectivity index (χ3n) is 5.67. The summed E-state index contributed by atoms with van der Waals surface area (Å²) in [4.78, 5) is 8.90. The summed E-state index contributed by atoms with van der Waals surface area (Å²) in [6, 6.07) is 25.6. The summed E-state index contributed by atoms with van der Waals surface area (Å²) >= 11 is 0. The number of methoxy groups -OCH3 is 2. The van der Waals surface area contributed by atoms with Crippen LogP contribution in [0.2, 0.25) is 0 Å². The lowest BCUT2D eigenvalue weighted by molar-refractivity contribution is -0.192. The Balaban J connectivity index is 0.000000638. The van der Waals surface area contributed by atoms with E-state index >= 15 is 0 Å². The molecule has 3 rings (SSSR count). The Hall–Kier alpha value is -3.76. The van der Waals surface area contributed by atoms with Gasteiger partial charge in [0.2, 0.25) is 0 Å². The van der Waals surface area contributed by atoms with E-state index in [1.165, 1.54) is 11.1 Å². The molecular formula is C28H32F3NO6. The number of aliphatic hydroxyl groups excluding tert-OH is 1. The Morgan fingerprint density at radius 1 is 0.816 bits per heavy atom. The summed E-state index contributed by atoms with van der Waals surface area (Å²) in [7, 11) is 3.33. The second-order valence-electron chi connectivity index (χ2n) is 8.30. The molecule has 10 heteroatoms. The first-order valence-electron chi connectivity index (χ1n) is 11.8. The van der Waals surface area contributed by atoms with E-state index in [0.29, 0.717) is 12.2 Å². The molecule has 4 N–H and O–H groups in total. The number of rotatable bonds is 11. The lowest BCUT2D eigenvalue weighted by Crippen LogP contribution is -2.39. The highest BCUT2D eigenvalue weighted by atomic mass is 19.4. The number of ether oxygens (including phenoxy) is 3. The van der Waals surface area contributed by atoms with Crippen LogP contribution < -0.4 is 19.9 Å². The average Bonchev–Trinajstić information content (AvgIpc) is 2.91. The maximum atomic E-state index is 10.6. The molecule has 1 unspecified atom stereocenters. The molecule has 0 amide bonds. The first-order chi connectivity index (χ1) is 18.0. The molecule has 7 nitrogen and oxygen atoms in total. The number of hydrogen-bond donors (Lipinski definition) is 3. The molecule has 0 spiro atoms. The summed E-state index contributed by atoms with van der Waals surface area (Å²) in [5, 5.41) is 17.6. The minimum atomic E-state index is -5.08.